The summed E-state index contributed by atoms with van der Waals surface area (Å²) in [6.07, 6.45) is 2.37. The zero-order valence-electron chi connectivity index (χ0n) is 12.1. The van der Waals surface area contributed by atoms with Crippen molar-refractivity contribution >= 4 is 17.9 Å². The molecule has 0 aliphatic carbocycles. The van der Waals surface area contributed by atoms with E-state index in [2.05, 4.69) is 5.32 Å². The van der Waals surface area contributed by atoms with Crippen LogP contribution in [0.5, 0.6) is 0 Å². The zero-order valence-corrected chi connectivity index (χ0v) is 12.1. The topological polar surface area (TPSA) is 90.0 Å². The maximum atomic E-state index is 12.1. The number of hydrogen-bond donors (Lipinski definition) is 2. The molecule has 20 heavy (non-hydrogen) atoms. The summed E-state index contributed by atoms with van der Waals surface area (Å²) >= 11 is 0. The van der Waals surface area contributed by atoms with Gasteiger partial charge in [0.25, 0.3) is 0 Å². The number of rotatable bonds is 6. The van der Waals surface area contributed by atoms with E-state index < -0.39 is 12.0 Å². The second kappa shape index (κ2) is 7.72. The molecule has 1 rings (SSSR count). The predicted octanol–water partition coefficient (Wildman–Crippen LogP) is 0.504. The number of nitrogens with zero attached hydrogens (tertiary/aromatic N) is 2. The SMILES string of the molecule is CCCCC1C(=O)N(C)CCN1C(=O)NCCC(=O)O. The van der Waals surface area contributed by atoms with Gasteiger partial charge < -0.3 is 20.2 Å². The summed E-state index contributed by atoms with van der Waals surface area (Å²) in [5, 5.41) is 11.1. The van der Waals surface area contributed by atoms with Crippen molar-refractivity contribution in [3.05, 3.63) is 0 Å². The number of piperazine rings is 1. The van der Waals surface area contributed by atoms with Crippen LogP contribution in [-0.2, 0) is 9.59 Å². The van der Waals surface area contributed by atoms with Crippen LogP contribution in [0.15, 0.2) is 0 Å². The largest absolute Gasteiger partial charge is 0.481 e. The molecule has 7 heteroatoms. The van der Waals surface area contributed by atoms with Crippen LogP contribution in [0.3, 0.4) is 0 Å². The molecule has 0 aromatic carbocycles. The Balaban J connectivity index is 2.61. The highest BCUT2D eigenvalue weighted by Gasteiger charge is 2.35. The van der Waals surface area contributed by atoms with Crippen molar-refractivity contribution in [1.82, 2.24) is 15.1 Å². The van der Waals surface area contributed by atoms with E-state index in [0.29, 0.717) is 19.5 Å². The maximum absolute atomic E-state index is 12.1. The average molecular weight is 285 g/mol. The summed E-state index contributed by atoms with van der Waals surface area (Å²) in [5.41, 5.74) is 0. The number of carbonyl (C=O) groups excluding carboxylic acids is 2. The first-order chi connectivity index (χ1) is 9.47. The van der Waals surface area contributed by atoms with Crippen LogP contribution < -0.4 is 5.32 Å². The normalized spacial score (nSPS) is 19.1. The quantitative estimate of drug-likeness (QED) is 0.743. The number of carboxylic acid groups (broad SMARTS) is 1. The minimum absolute atomic E-state index is 0.0434. The van der Waals surface area contributed by atoms with Gasteiger partial charge in [-0.25, -0.2) is 4.79 Å². The molecule has 0 aromatic rings. The smallest absolute Gasteiger partial charge is 0.318 e. The summed E-state index contributed by atoms with van der Waals surface area (Å²) in [6, 6.07) is -0.785. The fourth-order valence-corrected chi connectivity index (χ4v) is 2.21. The molecule has 3 amide bonds. The molecule has 0 spiro atoms. The first-order valence-electron chi connectivity index (χ1n) is 6.98. The molecular formula is C13H23N3O4. The van der Waals surface area contributed by atoms with Crippen LogP contribution in [0.4, 0.5) is 4.79 Å². The predicted molar refractivity (Wildman–Crippen MR) is 73.3 cm³/mol. The number of nitrogens with one attached hydrogen (secondary N) is 1. The van der Waals surface area contributed by atoms with Gasteiger partial charge in [0.05, 0.1) is 6.42 Å². The molecule has 0 radical (unpaired) electrons. The number of carboxylic acids is 1. The lowest BCUT2D eigenvalue weighted by Crippen LogP contribution is -2.59. The number of urea groups is 1. The Kier molecular flexibility index (Phi) is 6.27. The maximum Gasteiger partial charge on any atom is 0.318 e. The Hall–Kier alpha value is -1.79. The van der Waals surface area contributed by atoms with Crippen molar-refractivity contribution in [2.75, 3.05) is 26.7 Å². The van der Waals surface area contributed by atoms with Crippen LogP contribution in [-0.4, -0.2) is 65.5 Å². The summed E-state index contributed by atoms with van der Waals surface area (Å²) in [7, 11) is 1.74. The van der Waals surface area contributed by atoms with Crippen LogP contribution >= 0.6 is 0 Å². The number of unbranched alkanes of at least 4 members (excludes halogenated alkanes) is 1. The van der Waals surface area contributed by atoms with E-state index in [4.69, 9.17) is 5.11 Å². The zero-order chi connectivity index (χ0) is 15.1. The molecular weight excluding hydrogens is 262 g/mol. The summed E-state index contributed by atoms with van der Waals surface area (Å²) < 4.78 is 0. The Morgan fingerprint density at radius 1 is 1.40 bits per heavy atom. The molecule has 1 atom stereocenters. The van der Waals surface area contributed by atoms with Gasteiger partial charge >= 0.3 is 12.0 Å². The first kappa shape index (κ1) is 16.3. The Labute approximate surface area is 118 Å². The number of amides is 3. The molecule has 0 bridgehead atoms. The van der Waals surface area contributed by atoms with Gasteiger partial charge in [-0.15, -0.1) is 0 Å². The molecule has 2 N–H and O–H groups in total. The molecule has 1 aliphatic rings. The van der Waals surface area contributed by atoms with Gasteiger partial charge in [0.1, 0.15) is 6.04 Å². The van der Waals surface area contributed by atoms with Crippen molar-refractivity contribution in [2.24, 2.45) is 0 Å². The van der Waals surface area contributed by atoms with E-state index in [-0.39, 0.29) is 24.9 Å². The third kappa shape index (κ3) is 4.40. The van der Waals surface area contributed by atoms with Crippen molar-refractivity contribution in [3.8, 4) is 0 Å². The van der Waals surface area contributed by atoms with Gasteiger partial charge in [0, 0.05) is 26.7 Å². The third-order valence-corrected chi connectivity index (χ3v) is 3.42. The highest BCUT2D eigenvalue weighted by atomic mass is 16.4. The molecule has 1 unspecified atom stereocenters. The lowest BCUT2D eigenvalue weighted by molar-refractivity contribution is -0.139. The number of hydrogen-bond acceptors (Lipinski definition) is 3. The summed E-state index contributed by atoms with van der Waals surface area (Å²) in [4.78, 5) is 37.8. The van der Waals surface area contributed by atoms with Gasteiger partial charge in [-0.3, -0.25) is 9.59 Å². The number of likely N-dealkylation sites (N-methyl/N-ethyl adjacent to an activating group) is 1. The molecule has 0 saturated carbocycles. The molecule has 1 saturated heterocycles. The van der Waals surface area contributed by atoms with E-state index in [1.807, 2.05) is 6.92 Å². The molecule has 1 fully saturated rings. The third-order valence-electron chi connectivity index (χ3n) is 3.42. The molecule has 7 nitrogen and oxygen atoms in total. The fourth-order valence-electron chi connectivity index (χ4n) is 2.21. The molecule has 114 valence electrons. The molecule has 1 heterocycles. The second-order valence-electron chi connectivity index (χ2n) is 4.99. The van der Waals surface area contributed by atoms with E-state index in [9.17, 15) is 14.4 Å². The Morgan fingerprint density at radius 3 is 2.70 bits per heavy atom. The summed E-state index contributed by atoms with van der Waals surface area (Å²) in [5.74, 6) is -1.000. The van der Waals surface area contributed by atoms with Crippen LogP contribution in [0, 0.1) is 0 Å². The van der Waals surface area contributed by atoms with E-state index >= 15 is 0 Å². The highest BCUT2D eigenvalue weighted by molar-refractivity contribution is 5.88. The van der Waals surface area contributed by atoms with Gasteiger partial charge in [0.15, 0.2) is 0 Å². The Morgan fingerprint density at radius 2 is 2.10 bits per heavy atom. The van der Waals surface area contributed by atoms with E-state index in [1.165, 1.54) is 4.90 Å². The van der Waals surface area contributed by atoms with Crippen LogP contribution in [0.25, 0.3) is 0 Å². The van der Waals surface area contributed by atoms with Gasteiger partial charge in [-0.1, -0.05) is 19.8 Å². The first-order valence-corrected chi connectivity index (χ1v) is 6.98. The molecule has 0 aromatic heterocycles. The van der Waals surface area contributed by atoms with Crippen LogP contribution in [0.1, 0.15) is 32.6 Å². The lowest BCUT2D eigenvalue weighted by Gasteiger charge is -2.39. The minimum atomic E-state index is -0.956. The average Bonchev–Trinajstić information content (AvgIpc) is 2.39. The molecule has 1 aliphatic heterocycles. The van der Waals surface area contributed by atoms with Gasteiger partial charge in [-0.2, -0.15) is 0 Å². The van der Waals surface area contributed by atoms with Crippen molar-refractivity contribution in [2.45, 2.75) is 38.6 Å². The minimum Gasteiger partial charge on any atom is -0.481 e. The number of carbonyl (C=O) groups is 3. The summed E-state index contributed by atoms with van der Waals surface area (Å²) in [6.45, 7) is 3.10. The Bertz CT molecular complexity index is 373. The fraction of sp³-hybridized carbons (Fsp3) is 0.769. The van der Waals surface area contributed by atoms with Crippen LogP contribution in [0.2, 0.25) is 0 Å². The highest BCUT2D eigenvalue weighted by Crippen LogP contribution is 2.16. The van der Waals surface area contributed by atoms with Crippen molar-refractivity contribution in [3.63, 3.8) is 0 Å². The second-order valence-corrected chi connectivity index (χ2v) is 4.99. The lowest BCUT2D eigenvalue weighted by atomic mass is 10.0. The van der Waals surface area contributed by atoms with Gasteiger partial charge in [-0.05, 0) is 6.42 Å². The van der Waals surface area contributed by atoms with E-state index in [1.54, 1.807) is 11.9 Å². The van der Waals surface area contributed by atoms with E-state index in [0.717, 1.165) is 12.8 Å². The van der Waals surface area contributed by atoms with Crippen molar-refractivity contribution < 1.29 is 19.5 Å². The monoisotopic (exact) mass is 285 g/mol. The standard InChI is InChI=1S/C13H23N3O4/c1-3-4-5-10-12(19)15(2)8-9-16(10)13(20)14-7-6-11(17)18/h10H,3-9H2,1-2H3,(H,14,20)(H,17,18). The van der Waals surface area contributed by atoms with Crippen molar-refractivity contribution in [1.29, 1.82) is 0 Å². The number of aliphatic carboxylic acids is 1. The van der Waals surface area contributed by atoms with Gasteiger partial charge in [0.2, 0.25) is 5.91 Å².